The fraction of sp³-hybridized carbons (Fsp3) is 0.368. The van der Waals surface area contributed by atoms with E-state index < -0.39 is 0 Å². The van der Waals surface area contributed by atoms with E-state index in [1.807, 2.05) is 49.5 Å². The van der Waals surface area contributed by atoms with Crippen LogP contribution in [0.15, 0.2) is 30.6 Å². The van der Waals surface area contributed by atoms with Crippen molar-refractivity contribution in [3.8, 4) is 5.75 Å². The zero-order chi connectivity index (χ0) is 18.3. The molecule has 1 amide bonds. The fourth-order valence-corrected chi connectivity index (χ4v) is 3.57. The van der Waals surface area contributed by atoms with Crippen molar-refractivity contribution in [2.24, 2.45) is 7.05 Å². The Morgan fingerprint density at radius 2 is 2.19 bits per heavy atom. The first-order chi connectivity index (χ1) is 12.5. The number of piperazine rings is 1. The molecule has 3 aromatic rings. The van der Waals surface area contributed by atoms with E-state index in [9.17, 15) is 4.79 Å². The second-order valence-corrected chi connectivity index (χ2v) is 6.79. The fourth-order valence-electron chi connectivity index (χ4n) is 3.57. The molecule has 7 heteroatoms. The Morgan fingerprint density at radius 1 is 1.35 bits per heavy atom. The van der Waals surface area contributed by atoms with E-state index >= 15 is 0 Å². The Balaban J connectivity index is 1.58. The van der Waals surface area contributed by atoms with Crippen molar-refractivity contribution >= 4 is 16.8 Å². The summed E-state index contributed by atoms with van der Waals surface area (Å²) in [6.45, 7) is 4.10. The molecule has 1 aromatic carbocycles. The van der Waals surface area contributed by atoms with Gasteiger partial charge in [0.15, 0.2) is 0 Å². The second kappa shape index (κ2) is 6.49. The van der Waals surface area contributed by atoms with Gasteiger partial charge in [-0.05, 0) is 24.6 Å². The highest BCUT2D eigenvalue weighted by atomic mass is 16.5. The van der Waals surface area contributed by atoms with Crippen LogP contribution in [-0.4, -0.2) is 52.3 Å². The van der Waals surface area contributed by atoms with Crippen molar-refractivity contribution in [2.75, 3.05) is 26.7 Å². The Bertz CT molecular complexity index is 958. The van der Waals surface area contributed by atoms with Gasteiger partial charge in [-0.25, -0.2) is 0 Å². The molecule has 1 aliphatic heterocycles. The van der Waals surface area contributed by atoms with Crippen molar-refractivity contribution in [1.29, 1.82) is 0 Å². The number of amides is 1. The number of aromatic nitrogens is 3. The zero-order valence-corrected chi connectivity index (χ0v) is 15.2. The largest absolute Gasteiger partial charge is 0.497 e. The molecule has 3 heterocycles. The van der Waals surface area contributed by atoms with Crippen molar-refractivity contribution in [3.05, 3.63) is 47.4 Å². The van der Waals surface area contributed by atoms with E-state index in [1.165, 1.54) is 0 Å². The van der Waals surface area contributed by atoms with E-state index in [-0.39, 0.29) is 11.9 Å². The summed E-state index contributed by atoms with van der Waals surface area (Å²) in [5, 5.41) is 8.74. The minimum atomic E-state index is 0.0231. The molecule has 7 nitrogen and oxygen atoms in total. The SMILES string of the molecule is COc1cc(C)c2cc(C(=O)N3CCNC(c4cnn(C)c4)C3)[nH]c2c1. The first-order valence-corrected chi connectivity index (χ1v) is 8.73. The number of nitrogens with one attached hydrogen (secondary N) is 2. The highest BCUT2D eigenvalue weighted by molar-refractivity contribution is 5.99. The topological polar surface area (TPSA) is 75.2 Å². The smallest absolute Gasteiger partial charge is 0.270 e. The number of carbonyl (C=O) groups excluding carboxylic acids is 1. The van der Waals surface area contributed by atoms with Crippen molar-refractivity contribution < 1.29 is 9.53 Å². The molecule has 1 unspecified atom stereocenters. The van der Waals surface area contributed by atoms with Crippen LogP contribution in [0.4, 0.5) is 0 Å². The van der Waals surface area contributed by atoms with Gasteiger partial charge in [0, 0.05) is 55.4 Å². The molecule has 2 N–H and O–H groups in total. The Morgan fingerprint density at radius 3 is 2.92 bits per heavy atom. The minimum absolute atomic E-state index is 0.0231. The van der Waals surface area contributed by atoms with Crippen LogP contribution in [0.2, 0.25) is 0 Å². The first-order valence-electron chi connectivity index (χ1n) is 8.73. The lowest BCUT2D eigenvalue weighted by Crippen LogP contribution is -2.48. The monoisotopic (exact) mass is 353 g/mol. The molecule has 0 bridgehead atoms. The van der Waals surface area contributed by atoms with Gasteiger partial charge in [0.05, 0.1) is 19.3 Å². The van der Waals surface area contributed by atoms with Gasteiger partial charge in [-0.3, -0.25) is 9.48 Å². The highest BCUT2D eigenvalue weighted by Gasteiger charge is 2.26. The molecule has 2 aromatic heterocycles. The summed E-state index contributed by atoms with van der Waals surface area (Å²) in [5.74, 6) is 0.810. The summed E-state index contributed by atoms with van der Waals surface area (Å²) in [4.78, 5) is 18.2. The molecule has 4 rings (SSSR count). The number of ether oxygens (including phenoxy) is 1. The second-order valence-electron chi connectivity index (χ2n) is 6.79. The van der Waals surface area contributed by atoms with Crippen LogP contribution in [0.1, 0.15) is 27.7 Å². The van der Waals surface area contributed by atoms with Gasteiger partial charge in [-0.1, -0.05) is 0 Å². The van der Waals surface area contributed by atoms with E-state index in [2.05, 4.69) is 15.4 Å². The number of hydrogen-bond donors (Lipinski definition) is 2. The summed E-state index contributed by atoms with van der Waals surface area (Å²) in [6, 6.07) is 5.95. The summed E-state index contributed by atoms with van der Waals surface area (Å²) in [6.07, 6.45) is 3.84. The van der Waals surface area contributed by atoms with Gasteiger partial charge in [-0.15, -0.1) is 0 Å². The molecular formula is C19H23N5O2. The number of hydrogen-bond acceptors (Lipinski definition) is 4. The number of nitrogens with zero attached hydrogens (tertiary/aromatic N) is 3. The summed E-state index contributed by atoms with van der Waals surface area (Å²) in [7, 11) is 3.55. The molecule has 1 aliphatic rings. The minimum Gasteiger partial charge on any atom is -0.497 e. The van der Waals surface area contributed by atoms with E-state index in [0.29, 0.717) is 18.8 Å². The molecule has 1 fully saturated rings. The molecule has 26 heavy (non-hydrogen) atoms. The summed E-state index contributed by atoms with van der Waals surface area (Å²) in [5.41, 5.74) is 3.72. The number of aromatic amines is 1. The predicted molar refractivity (Wildman–Crippen MR) is 99.4 cm³/mol. The maximum Gasteiger partial charge on any atom is 0.270 e. The van der Waals surface area contributed by atoms with Crippen LogP contribution in [0.25, 0.3) is 10.9 Å². The predicted octanol–water partition coefficient (Wildman–Crippen LogP) is 2.01. The van der Waals surface area contributed by atoms with Crippen molar-refractivity contribution in [2.45, 2.75) is 13.0 Å². The molecule has 0 aliphatic carbocycles. The van der Waals surface area contributed by atoms with Crippen LogP contribution in [0.3, 0.4) is 0 Å². The van der Waals surface area contributed by atoms with Crippen LogP contribution in [0.5, 0.6) is 5.75 Å². The molecule has 136 valence electrons. The number of aryl methyl sites for hydroxylation is 2. The van der Waals surface area contributed by atoms with Crippen molar-refractivity contribution in [3.63, 3.8) is 0 Å². The van der Waals surface area contributed by atoms with Gasteiger partial charge in [0.1, 0.15) is 11.4 Å². The molecular weight excluding hydrogens is 330 g/mol. The standard InChI is InChI=1S/C19H23N5O2/c1-12-6-14(26-3)7-16-15(12)8-17(22-16)19(25)24-5-4-20-18(11-24)13-9-21-23(2)10-13/h6-10,18,20,22H,4-5,11H2,1-3H3. The van der Waals surface area contributed by atoms with Crippen LogP contribution in [-0.2, 0) is 7.05 Å². The molecule has 0 saturated carbocycles. The Labute approximate surface area is 151 Å². The van der Waals surface area contributed by atoms with Gasteiger partial charge in [0.2, 0.25) is 0 Å². The van der Waals surface area contributed by atoms with Gasteiger partial charge in [0.25, 0.3) is 5.91 Å². The molecule has 1 atom stereocenters. The number of benzene rings is 1. The van der Waals surface area contributed by atoms with E-state index in [0.717, 1.165) is 34.3 Å². The number of carbonyl (C=O) groups is 1. The number of H-pyrrole nitrogens is 1. The van der Waals surface area contributed by atoms with E-state index in [4.69, 9.17) is 4.74 Å². The third-order valence-electron chi connectivity index (χ3n) is 4.97. The average molecular weight is 353 g/mol. The van der Waals surface area contributed by atoms with Crippen LogP contribution < -0.4 is 10.1 Å². The Hall–Kier alpha value is -2.80. The molecule has 0 radical (unpaired) electrons. The Kier molecular flexibility index (Phi) is 4.16. The maximum absolute atomic E-state index is 13.0. The van der Waals surface area contributed by atoms with Gasteiger partial charge in [-0.2, -0.15) is 5.10 Å². The lowest BCUT2D eigenvalue weighted by molar-refractivity contribution is 0.0698. The molecule has 1 saturated heterocycles. The molecule has 0 spiro atoms. The first kappa shape index (κ1) is 16.7. The zero-order valence-electron chi connectivity index (χ0n) is 15.2. The number of rotatable bonds is 3. The van der Waals surface area contributed by atoms with Crippen LogP contribution >= 0.6 is 0 Å². The lowest BCUT2D eigenvalue weighted by Gasteiger charge is -2.33. The van der Waals surface area contributed by atoms with Crippen molar-refractivity contribution in [1.82, 2.24) is 25.0 Å². The quantitative estimate of drug-likeness (QED) is 0.755. The normalized spacial score (nSPS) is 17.7. The number of methoxy groups -OCH3 is 1. The lowest BCUT2D eigenvalue weighted by atomic mass is 10.1. The average Bonchev–Trinajstić information content (AvgIpc) is 3.27. The van der Waals surface area contributed by atoms with Crippen LogP contribution in [0, 0.1) is 6.92 Å². The van der Waals surface area contributed by atoms with E-state index in [1.54, 1.807) is 11.8 Å². The van der Waals surface area contributed by atoms with Gasteiger partial charge >= 0.3 is 0 Å². The summed E-state index contributed by atoms with van der Waals surface area (Å²) < 4.78 is 7.11. The maximum atomic E-state index is 13.0. The number of fused-ring (bicyclic) bond motifs is 1. The summed E-state index contributed by atoms with van der Waals surface area (Å²) >= 11 is 0. The highest BCUT2D eigenvalue weighted by Crippen LogP contribution is 2.26. The third-order valence-corrected chi connectivity index (χ3v) is 4.97. The van der Waals surface area contributed by atoms with Gasteiger partial charge < -0.3 is 19.9 Å². The third kappa shape index (κ3) is 2.94.